The lowest BCUT2D eigenvalue weighted by atomic mass is 10.0. The molecule has 1 heterocycles. The van der Waals surface area contributed by atoms with Crippen LogP contribution in [0.5, 0.6) is 11.5 Å². The lowest BCUT2D eigenvalue weighted by Gasteiger charge is -2.01. The van der Waals surface area contributed by atoms with Gasteiger partial charge in [-0.1, -0.05) is 22.0 Å². The fraction of sp³-hybridized carbons (Fsp3) is 0. The minimum atomic E-state index is -0.216. The zero-order chi connectivity index (χ0) is 14.3. The summed E-state index contributed by atoms with van der Waals surface area (Å²) in [5.74, 6) is -0.593. The van der Waals surface area contributed by atoms with Gasteiger partial charge in [-0.25, -0.2) is 0 Å². The van der Waals surface area contributed by atoms with Crippen LogP contribution in [0.3, 0.4) is 0 Å². The number of phenolic OH excluding ortho intramolecular Hbond substituents is 2. The molecule has 3 N–H and O–H groups in total. The van der Waals surface area contributed by atoms with Crippen molar-refractivity contribution in [3.05, 3.63) is 52.0 Å². The van der Waals surface area contributed by atoms with Crippen LogP contribution in [-0.4, -0.2) is 16.1 Å². The van der Waals surface area contributed by atoms with Gasteiger partial charge in [-0.2, -0.15) is 0 Å². The van der Waals surface area contributed by atoms with E-state index in [-0.39, 0.29) is 17.4 Å². The fourth-order valence-electron chi connectivity index (χ4n) is 2.10. The second-order valence-corrected chi connectivity index (χ2v) is 5.37. The van der Waals surface area contributed by atoms with Gasteiger partial charge in [-0.05, 0) is 42.0 Å². The molecule has 2 aromatic carbocycles. The number of rotatable bonds is 1. The van der Waals surface area contributed by atoms with E-state index in [4.69, 9.17) is 0 Å². The first-order valence-electron chi connectivity index (χ1n) is 5.89. The molecule has 4 nitrogen and oxygen atoms in total. The number of hydrogen-bond donors (Lipinski definition) is 3. The summed E-state index contributed by atoms with van der Waals surface area (Å²) in [4.78, 5) is 12.0. The molecule has 0 bridgehead atoms. The van der Waals surface area contributed by atoms with E-state index in [9.17, 15) is 15.0 Å². The van der Waals surface area contributed by atoms with Crippen LogP contribution in [0.15, 0.2) is 40.9 Å². The van der Waals surface area contributed by atoms with Gasteiger partial charge in [0.2, 0.25) is 0 Å². The van der Waals surface area contributed by atoms with Crippen molar-refractivity contribution in [2.45, 2.75) is 0 Å². The van der Waals surface area contributed by atoms with E-state index in [1.54, 1.807) is 12.1 Å². The minimum Gasteiger partial charge on any atom is -0.504 e. The summed E-state index contributed by atoms with van der Waals surface area (Å²) in [5.41, 5.74) is 2.72. The number of phenols is 2. The number of amides is 1. The summed E-state index contributed by atoms with van der Waals surface area (Å²) in [5, 5.41) is 21.6. The molecular weight excluding hydrogens is 322 g/mol. The first-order chi connectivity index (χ1) is 9.54. The largest absolute Gasteiger partial charge is 0.504 e. The average Bonchev–Trinajstić information content (AvgIpc) is 2.70. The molecule has 0 aromatic heterocycles. The molecule has 0 fully saturated rings. The Morgan fingerprint density at radius 2 is 1.85 bits per heavy atom. The Balaban J connectivity index is 2.10. The predicted octanol–water partition coefficient (Wildman–Crippen LogP) is 3.35. The van der Waals surface area contributed by atoms with E-state index in [1.807, 2.05) is 18.2 Å². The van der Waals surface area contributed by atoms with E-state index < -0.39 is 0 Å². The number of benzene rings is 2. The molecule has 100 valence electrons. The molecule has 20 heavy (non-hydrogen) atoms. The Kier molecular flexibility index (Phi) is 2.99. The van der Waals surface area contributed by atoms with Crippen molar-refractivity contribution < 1.29 is 15.0 Å². The third kappa shape index (κ3) is 2.16. The Labute approximate surface area is 123 Å². The topological polar surface area (TPSA) is 69.6 Å². The third-order valence-corrected chi connectivity index (χ3v) is 3.57. The van der Waals surface area contributed by atoms with Crippen LogP contribution in [0.25, 0.3) is 11.6 Å². The van der Waals surface area contributed by atoms with Crippen molar-refractivity contribution in [2.75, 3.05) is 5.32 Å². The SMILES string of the molecule is O=C1Nc2ccc(Br)cc2C1=Cc1ccc(O)c(O)c1. The van der Waals surface area contributed by atoms with Crippen LogP contribution in [-0.2, 0) is 4.79 Å². The molecule has 1 amide bonds. The van der Waals surface area contributed by atoms with Gasteiger partial charge in [0.15, 0.2) is 11.5 Å². The van der Waals surface area contributed by atoms with Gasteiger partial charge < -0.3 is 15.5 Å². The van der Waals surface area contributed by atoms with E-state index in [0.29, 0.717) is 11.1 Å². The molecule has 0 aliphatic carbocycles. The number of nitrogens with one attached hydrogen (secondary N) is 1. The normalized spacial score (nSPS) is 15.2. The zero-order valence-electron chi connectivity index (χ0n) is 10.2. The Hall–Kier alpha value is -2.27. The number of fused-ring (bicyclic) bond motifs is 1. The molecular formula is C15H10BrNO3. The van der Waals surface area contributed by atoms with Gasteiger partial charge in [-0.15, -0.1) is 0 Å². The van der Waals surface area contributed by atoms with Crippen molar-refractivity contribution in [3.63, 3.8) is 0 Å². The molecule has 0 saturated carbocycles. The maximum atomic E-state index is 12.0. The van der Waals surface area contributed by atoms with Crippen LogP contribution in [0.2, 0.25) is 0 Å². The van der Waals surface area contributed by atoms with Crippen LogP contribution in [0.4, 0.5) is 5.69 Å². The van der Waals surface area contributed by atoms with Gasteiger partial charge in [0.05, 0.1) is 0 Å². The van der Waals surface area contributed by atoms with Crippen LogP contribution >= 0.6 is 15.9 Å². The van der Waals surface area contributed by atoms with E-state index in [2.05, 4.69) is 21.2 Å². The monoisotopic (exact) mass is 331 g/mol. The van der Waals surface area contributed by atoms with Crippen LogP contribution in [0.1, 0.15) is 11.1 Å². The highest BCUT2D eigenvalue weighted by molar-refractivity contribution is 9.10. The maximum Gasteiger partial charge on any atom is 0.256 e. The van der Waals surface area contributed by atoms with Gasteiger partial charge >= 0.3 is 0 Å². The highest BCUT2D eigenvalue weighted by Gasteiger charge is 2.24. The molecule has 0 radical (unpaired) electrons. The average molecular weight is 332 g/mol. The zero-order valence-corrected chi connectivity index (χ0v) is 11.8. The van der Waals surface area contributed by atoms with Crippen molar-refractivity contribution in [2.24, 2.45) is 0 Å². The molecule has 0 spiro atoms. The first-order valence-corrected chi connectivity index (χ1v) is 6.69. The van der Waals surface area contributed by atoms with E-state index in [1.165, 1.54) is 12.1 Å². The molecule has 0 atom stereocenters. The number of halogens is 1. The minimum absolute atomic E-state index is 0.189. The van der Waals surface area contributed by atoms with Crippen molar-refractivity contribution in [3.8, 4) is 11.5 Å². The standard InChI is InChI=1S/C15H10BrNO3/c16-9-2-3-12-10(7-9)11(15(20)17-12)5-8-1-4-13(18)14(19)6-8/h1-7,18-19H,(H,17,20). The highest BCUT2D eigenvalue weighted by atomic mass is 79.9. The second-order valence-electron chi connectivity index (χ2n) is 4.45. The molecule has 1 aliphatic rings. The van der Waals surface area contributed by atoms with Crippen LogP contribution in [0, 0.1) is 0 Å². The summed E-state index contributed by atoms with van der Waals surface area (Å²) in [7, 11) is 0. The van der Waals surface area contributed by atoms with E-state index >= 15 is 0 Å². The highest BCUT2D eigenvalue weighted by Crippen LogP contribution is 2.35. The van der Waals surface area contributed by atoms with Gasteiger partial charge in [-0.3, -0.25) is 4.79 Å². The number of carbonyl (C=O) groups excluding carboxylic acids is 1. The lowest BCUT2D eigenvalue weighted by molar-refractivity contribution is -0.110. The van der Waals surface area contributed by atoms with Gasteiger partial charge in [0, 0.05) is 21.3 Å². The number of hydrogen-bond acceptors (Lipinski definition) is 3. The number of aromatic hydroxyl groups is 2. The summed E-state index contributed by atoms with van der Waals surface area (Å²) >= 11 is 3.38. The maximum absolute atomic E-state index is 12.0. The van der Waals surface area contributed by atoms with E-state index in [0.717, 1.165) is 15.7 Å². The summed E-state index contributed by atoms with van der Waals surface area (Å²) < 4.78 is 0.882. The Morgan fingerprint density at radius 3 is 2.60 bits per heavy atom. The molecule has 3 rings (SSSR count). The molecule has 1 aliphatic heterocycles. The smallest absolute Gasteiger partial charge is 0.256 e. The van der Waals surface area contributed by atoms with Crippen LogP contribution < -0.4 is 5.32 Å². The predicted molar refractivity (Wildman–Crippen MR) is 80.4 cm³/mol. The summed E-state index contributed by atoms with van der Waals surface area (Å²) in [6.07, 6.45) is 1.67. The fourth-order valence-corrected chi connectivity index (χ4v) is 2.46. The molecule has 5 heteroatoms. The molecule has 2 aromatic rings. The van der Waals surface area contributed by atoms with Crippen molar-refractivity contribution in [1.29, 1.82) is 0 Å². The van der Waals surface area contributed by atoms with Gasteiger partial charge in [0.1, 0.15) is 0 Å². The first kappa shape index (κ1) is 12.7. The number of carbonyl (C=O) groups is 1. The van der Waals surface area contributed by atoms with Crippen molar-refractivity contribution >= 4 is 39.2 Å². The Bertz CT molecular complexity index is 753. The second kappa shape index (κ2) is 4.68. The Morgan fingerprint density at radius 1 is 1.05 bits per heavy atom. The molecule has 0 saturated heterocycles. The summed E-state index contributed by atoms with van der Waals surface area (Å²) in [6.45, 7) is 0. The van der Waals surface area contributed by atoms with Crippen molar-refractivity contribution in [1.82, 2.24) is 0 Å². The quantitative estimate of drug-likeness (QED) is 0.554. The van der Waals surface area contributed by atoms with Gasteiger partial charge in [0.25, 0.3) is 5.91 Å². The third-order valence-electron chi connectivity index (χ3n) is 3.08. The molecule has 0 unspecified atom stereocenters. The number of anilines is 1. The summed E-state index contributed by atoms with van der Waals surface area (Å²) in [6, 6.07) is 9.97. The lowest BCUT2D eigenvalue weighted by Crippen LogP contribution is -2.03.